The number of benzene rings is 3. The summed E-state index contributed by atoms with van der Waals surface area (Å²) in [4.78, 5) is 16.5. The molecule has 0 saturated heterocycles. The van der Waals surface area contributed by atoms with E-state index in [0.717, 1.165) is 44.0 Å². The Labute approximate surface area is 178 Å². The molecule has 0 aliphatic rings. The fraction of sp³-hybridized carbons (Fsp3) is 0.280. The lowest BCUT2D eigenvalue weighted by atomic mass is 10.0. The second-order valence-corrected chi connectivity index (χ2v) is 7.11. The van der Waals surface area contributed by atoms with Crippen molar-refractivity contribution in [3.63, 3.8) is 0 Å². The Morgan fingerprint density at radius 1 is 0.933 bits per heavy atom. The van der Waals surface area contributed by atoms with Crippen molar-refractivity contribution in [2.45, 2.75) is 19.8 Å². The van der Waals surface area contributed by atoms with Crippen molar-refractivity contribution in [1.29, 1.82) is 0 Å². The molecule has 0 saturated carbocycles. The minimum Gasteiger partial charge on any atom is -0.357 e. The van der Waals surface area contributed by atoms with Gasteiger partial charge in [-0.05, 0) is 53.8 Å². The van der Waals surface area contributed by atoms with Gasteiger partial charge in [-0.15, -0.1) is 0 Å². The van der Waals surface area contributed by atoms with Gasteiger partial charge in [0.05, 0.1) is 0 Å². The van der Waals surface area contributed by atoms with E-state index < -0.39 is 0 Å². The summed E-state index contributed by atoms with van der Waals surface area (Å²) >= 11 is 0. The van der Waals surface area contributed by atoms with Gasteiger partial charge >= 0.3 is 0 Å². The number of hydrogen-bond acceptors (Lipinski definition) is 2. The molecule has 3 N–H and O–H groups in total. The Hall–Kier alpha value is -3.34. The van der Waals surface area contributed by atoms with Crippen LogP contribution in [0.5, 0.6) is 0 Å². The number of aliphatic imine (C=N–C) groups is 1. The van der Waals surface area contributed by atoms with Gasteiger partial charge in [-0.25, -0.2) is 0 Å². The number of amides is 1. The molecule has 3 aromatic rings. The van der Waals surface area contributed by atoms with Gasteiger partial charge in [0.2, 0.25) is 0 Å². The highest BCUT2D eigenvalue weighted by molar-refractivity contribution is 5.94. The van der Waals surface area contributed by atoms with E-state index in [4.69, 9.17) is 4.99 Å². The SMILES string of the molecule is CCNC(=NCCc1cccc2ccccc12)NCCc1cccc(C(=O)NC)c1. The topological polar surface area (TPSA) is 65.5 Å². The van der Waals surface area contributed by atoms with E-state index in [0.29, 0.717) is 5.56 Å². The molecule has 0 aliphatic heterocycles. The second-order valence-electron chi connectivity index (χ2n) is 7.11. The number of hydrogen-bond donors (Lipinski definition) is 3. The molecule has 1 amide bonds. The molecular weight excluding hydrogens is 372 g/mol. The molecule has 5 heteroatoms. The summed E-state index contributed by atoms with van der Waals surface area (Å²) in [7, 11) is 1.65. The highest BCUT2D eigenvalue weighted by Crippen LogP contribution is 2.18. The number of nitrogens with one attached hydrogen (secondary N) is 3. The van der Waals surface area contributed by atoms with Crippen molar-refractivity contribution in [3.05, 3.63) is 83.4 Å². The summed E-state index contributed by atoms with van der Waals surface area (Å²) < 4.78 is 0. The zero-order valence-corrected chi connectivity index (χ0v) is 17.7. The lowest BCUT2D eigenvalue weighted by Crippen LogP contribution is -2.38. The van der Waals surface area contributed by atoms with E-state index >= 15 is 0 Å². The van der Waals surface area contributed by atoms with Gasteiger partial charge in [0.15, 0.2) is 5.96 Å². The van der Waals surface area contributed by atoms with E-state index in [1.807, 2.05) is 24.3 Å². The lowest BCUT2D eigenvalue weighted by Gasteiger charge is -2.12. The molecule has 5 nitrogen and oxygen atoms in total. The fourth-order valence-electron chi connectivity index (χ4n) is 3.48. The molecular formula is C25H30N4O. The smallest absolute Gasteiger partial charge is 0.251 e. The summed E-state index contributed by atoms with van der Waals surface area (Å²) in [6.45, 7) is 4.34. The maximum Gasteiger partial charge on any atom is 0.251 e. The van der Waals surface area contributed by atoms with Crippen LogP contribution in [0.2, 0.25) is 0 Å². The van der Waals surface area contributed by atoms with E-state index in [2.05, 4.69) is 65.3 Å². The third-order valence-corrected chi connectivity index (χ3v) is 5.00. The molecule has 0 aliphatic carbocycles. The van der Waals surface area contributed by atoms with Crippen molar-refractivity contribution in [2.75, 3.05) is 26.7 Å². The van der Waals surface area contributed by atoms with Crippen LogP contribution >= 0.6 is 0 Å². The molecule has 156 valence electrons. The monoisotopic (exact) mass is 402 g/mol. The summed E-state index contributed by atoms with van der Waals surface area (Å²) in [5, 5.41) is 11.9. The van der Waals surface area contributed by atoms with E-state index in [1.54, 1.807) is 7.05 Å². The van der Waals surface area contributed by atoms with Gasteiger partial charge in [0, 0.05) is 32.2 Å². The molecule has 30 heavy (non-hydrogen) atoms. The Morgan fingerprint density at radius 3 is 2.57 bits per heavy atom. The quantitative estimate of drug-likeness (QED) is 0.399. The van der Waals surface area contributed by atoms with Crippen LogP contribution in [0.1, 0.15) is 28.4 Å². The largest absolute Gasteiger partial charge is 0.357 e. The molecule has 3 rings (SSSR count). The van der Waals surface area contributed by atoms with Crippen LogP contribution < -0.4 is 16.0 Å². The molecule has 0 radical (unpaired) electrons. The molecule has 0 spiro atoms. The van der Waals surface area contributed by atoms with Crippen molar-refractivity contribution < 1.29 is 4.79 Å². The maximum absolute atomic E-state index is 11.8. The molecule has 0 unspecified atom stereocenters. The molecule has 0 aromatic heterocycles. The van der Waals surface area contributed by atoms with Gasteiger partial charge in [0.1, 0.15) is 0 Å². The van der Waals surface area contributed by atoms with Crippen molar-refractivity contribution in [2.24, 2.45) is 4.99 Å². The maximum atomic E-state index is 11.8. The number of carbonyl (C=O) groups is 1. The summed E-state index contributed by atoms with van der Waals surface area (Å²) in [6.07, 6.45) is 1.71. The highest BCUT2D eigenvalue weighted by atomic mass is 16.1. The standard InChI is InChI=1S/C25H30N4O/c1-3-27-25(28-16-14-19-8-6-12-22(18-19)24(30)26-2)29-17-15-21-11-7-10-20-9-4-5-13-23(20)21/h4-13,18H,3,14-17H2,1-2H3,(H,26,30)(H2,27,28,29). The average molecular weight is 403 g/mol. The first-order chi connectivity index (χ1) is 14.7. The first-order valence-corrected chi connectivity index (χ1v) is 10.5. The van der Waals surface area contributed by atoms with Crippen molar-refractivity contribution in [3.8, 4) is 0 Å². The van der Waals surface area contributed by atoms with Crippen LogP contribution in [0, 0.1) is 0 Å². The van der Waals surface area contributed by atoms with Gasteiger partial charge in [-0.3, -0.25) is 9.79 Å². The number of nitrogens with zero attached hydrogens (tertiary/aromatic N) is 1. The predicted molar refractivity (Wildman–Crippen MR) is 125 cm³/mol. The van der Waals surface area contributed by atoms with Crippen LogP contribution in [-0.4, -0.2) is 38.5 Å². The third-order valence-electron chi connectivity index (χ3n) is 5.00. The van der Waals surface area contributed by atoms with Crippen LogP contribution in [0.25, 0.3) is 10.8 Å². The molecule has 3 aromatic carbocycles. The Kier molecular flexibility index (Phi) is 7.84. The molecule has 0 bridgehead atoms. The number of carbonyl (C=O) groups excluding carboxylic acids is 1. The summed E-state index contributed by atoms with van der Waals surface area (Å²) in [5.74, 6) is 0.758. The first kappa shape index (κ1) is 21.4. The fourth-order valence-corrected chi connectivity index (χ4v) is 3.48. The zero-order chi connectivity index (χ0) is 21.2. The van der Waals surface area contributed by atoms with Crippen molar-refractivity contribution >= 4 is 22.6 Å². The van der Waals surface area contributed by atoms with Gasteiger partial charge in [-0.2, -0.15) is 0 Å². The minimum atomic E-state index is -0.0619. The highest BCUT2D eigenvalue weighted by Gasteiger charge is 2.04. The van der Waals surface area contributed by atoms with Crippen molar-refractivity contribution in [1.82, 2.24) is 16.0 Å². The van der Waals surface area contributed by atoms with Crippen LogP contribution in [-0.2, 0) is 12.8 Å². The number of guanidine groups is 1. The lowest BCUT2D eigenvalue weighted by molar-refractivity contribution is 0.0963. The van der Waals surface area contributed by atoms with Crippen LogP contribution in [0.15, 0.2) is 71.7 Å². The average Bonchev–Trinajstić information content (AvgIpc) is 2.79. The van der Waals surface area contributed by atoms with Gasteiger partial charge in [0.25, 0.3) is 5.91 Å². The summed E-state index contributed by atoms with van der Waals surface area (Å²) in [5.41, 5.74) is 3.12. The van der Waals surface area contributed by atoms with E-state index in [9.17, 15) is 4.79 Å². The minimum absolute atomic E-state index is 0.0619. The van der Waals surface area contributed by atoms with E-state index in [-0.39, 0.29) is 5.91 Å². The van der Waals surface area contributed by atoms with E-state index in [1.165, 1.54) is 16.3 Å². The predicted octanol–water partition coefficient (Wildman–Crippen LogP) is 3.54. The Morgan fingerprint density at radius 2 is 1.73 bits per heavy atom. The number of rotatable bonds is 8. The number of fused-ring (bicyclic) bond motifs is 1. The Bertz CT molecular complexity index is 1010. The van der Waals surface area contributed by atoms with Crippen LogP contribution in [0.3, 0.4) is 0 Å². The molecule has 0 heterocycles. The van der Waals surface area contributed by atoms with Crippen LogP contribution in [0.4, 0.5) is 0 Å². The molecule has 0 fully saturated rings. The summed E-state index contributed by atoms with van der Waals surface area (Å²) in [6, 6.07) is 22.6. The zero-order valence-electron chi connectivity index (χ0n) is 17.7. The first-order valence-electron chi connectivity index (χ1n) is 10.5. The third kappa shape index (κ3) is 5.83. The van der Waals surface area contributed by atoms with Gasteiger partial charge in [-0.1, -0.05) is 54.6 Å². The molecule has 0 atom stereocenters. The normalized spacial score (nSPS) is 11.3. The Balaban J connectivity index is 1.56. The second kappa shape index (κ2) is 11.0. The van der Waals surface area contributed by atoms with Gasteiger partial charge < -0.3 is 16.0 Å².